The molecule has 0 aliphatic carbocycles. The molecule has 2 amide bonds. The number of carbonyl (C=O) groups is 2. The highest BCUT2D eigenvalue weighted by atomic mass is 35.5. The second-order valence-corrected chi connectivity index (χ2v) is 6.71. The summed E-state index contributed by atoms with van der Waals surface area (Å²) < 4.78 is 5.12. The van der Waals surface area contributed by atoms with Gasteiger partial charge in [0.1, 0.15) is 11.6 Å². The third kappa shape index (κ3) is 5.56. The summed E-state index contributed by atoms with van der Waals surface area (Å²) in [5.41, 5.74) is 1.82. The van der Waals surface area contributed by atoms with Gasteiger partial charge in [-0.2, -0.15) is 0 Å². The lowest BCUT2D eigenvalue weighted by Crippen LogP contribution is -2.44. The Labute approximate surface area is 136 Å². The zero-order chi connectivity index (χ0) is 17.1. The van der Waals surface area contributed by atoms with Crippen LogP contribution in [0.25, 0.3) is 0 Å². The molecule has 1 atom stereocenters. The van der Waals surface area contributed by atoms with E-state index >= 15 is 0 Å². The molecular formula is C16H23ClN2O3. The molecule has 0 spiro atoms. The van der Waals surface area contributed by atoms with Gasteiger partial charge in [0.2, 0.25) is 5.91 Å². The van der Waals surface area contributed by atoms with Gasteiger partial charge >= 0.3 is 6.09 Å². The second kappa shape index (κ2) is 7.01. The van der Waals surface area contributed by atoms with Crippen LogP contribution >= 0.6 is 11.6 Å². The topological polar surface area (TPSA) is 67.4 Å². The zero-order valence-electron chi connectivity index (χ0n) is 13.8. The number of amides is 2. The van der Waals surface area contributed by atoms with Crippen LogP contribution < -0.4 is 10.6 Å². The van der Waals surface area contributed by atoms with Crippen molar-refractivity contribution < 1.29 is 14.3 Å². The Bertz CT molecular complexity index is 556. The summed E-state index contributed by atoms with van der Waals surface area (Å²) in [5.74, 6) is -0.320. The summed E-state index contributed by atoms with van der Waals surface area (Å²) in [4.78, 5) is 23.9. The Balaban J connectivity index is 2.71. The average Bonchev–Trinajstić information content (AvgIpc) is 2.30. The molecule has 0 saturated carbocycles. The highest BCUT2D eigenvalue weighted by Crippen LogP contribution is 2.24. The van der Waals surface area contributed by atoms with Crippen molar-refractivity contribution in [1.82, 2.24) is 5.32 Å². The monoisotopic (exact) mass is 326 g/mol. The Morgan fingerprint density at radius 2 is 1.68 bits per heavy atom. The van der Waals surface area contributed by atoms with Crippen LogP contribution in [0, 0.1) is 13.8 Å². The molecule has 0 saturated heterocycles. The van der Waals surface area contributed by atoms with Gasteiger partial charge in [-0.1, -0.05) is 11.6 Å². The van der Waals surface area contributed by atoms with Crippen molar-refractivity contribution in [2.24, 2.45) is 0 Å². The molecular weight excluding hydrogens is 304 g/mol. The molecule has 22 heavy (non-hydrogen) atoms. The predicted octanol–water partition coefficient (Wildman–Crippen LogP) is 3.81. The van der Waals surface area contributed by atoms with Crippen molar-refractivity contribution in [2.45, 2.75) is 53.2 Å². The van der Waals surface area contributed by atoms with Crippen LogP contribution in [0.4, 0.5) is 10.5 Å². The molecule has 0 aliphatic rings. The van der Waals surface area contributed by atoms with Crippen LogP contribution in [0.5, 0.6) is 0 Å². The van der Waals surface area contributed by atoms with E-state index in [4.69, 9.17) is 16.3 Å². The fourth-order valence-electron chi connectivity index (χ4n) is 1.89. The second-order valence-electron chi connectivity index (χ2n) is 6.27. The number of nitrogens with one attached hydrogen (secondary N) is 2. The Hall–Kier alpha value is -1.75. The first-order chi connectivity index (χ1) is 9.99. The van der Waals surface area contributed by atoms with Gasteiger partial charge in [-0.25, -0.2) is 4.79 Å². The van der Waals surface area contributed by atoms with E-state index in [0.29, 0.717) is 10.7 Å². The summed E-state index contributed by atoms with van der Waals surface area (Å²) in [7, 11) is 0. The lowest BCUT2D eigenvalue weighted by Gasteiger charge is -2.22. The fraction of sp³-hybridized carbons (Fsp3) is 0.500. The minimum atomic E-state index is -0.718. The number of aryl methyl sites for hydroxylation is 2. The molecule has 1 aromatic rings. The Morgan fingerprint density at radius 1 is 1.18 bits per heavy atom. The minimum Gasteiger partial charge on any atom is -0.444 e. The molecule has 122 valence electrons. The third-order valence-corrected chi connectivity index (χ3v) is 3.09. The van der Waals surface area contributed by atoms with Gasteiger partial charge in [-0.05, 0) is 64.8 Å². The van der Waals surface area contributed by atoms with E-state index in [1.54, 1.807) is 39.8 Å². The van der Waals surface area contributed by atoms with Crippen LogP contribution in [-0.2, 0) is 9.53 Å². The maximum absolute atomic E-state index is 12.2. The number of carbonyl (C=O) groups excluding carboxylic acids is 2. The molecule has 0 heterocycles. The highest BCUT2D eigenvalue weighted by molar-refractivity contribution is 6.30. The van der Waals surface area contributed by atoms with E-state index in [2.05, 4.69) is 10.6 Å². The van der Waals surface area contributed by atoms with Crippen LogP contribution in [-0.4, -0.2) is 23.6 Å². The number of hydrogen-bond donors (Lipinski definition) is 2. The van der Waals surface area contributed by atoms with Crippen molar-refractivity contribution in [3.8, 4) is 0 Å². The number of rotatable bonds is 3. The van der Waals surface area contributed by atoms with Crippen molar-refractivity contribution in [3.05, 3.63) is 28.3 Å². The molecule has 0 aromatic heterocycles. The molecule has 0 unspecified atom stereocenters. The van der Waals surface area contributed by atoms with Gasteiger partial charge in [0.15, 0.2) is 0 Å². The summed E-state index contributed by atoms with van der Waals surface area (Å²) >= 11 is 5.97. The van der Waals surface area contributed by atoms with Crippen molar-refractivity contribution >= 4 is 29.3 Å². The van der Waals surface area contributed by atoms with E-state index in [-0.39, 0.29) is 5.91 Å². The van der Waals surface area contributed by atoms with E-state index in [9.17, 15) is 9.59 Å². The molecule has 1 rings (SSSR count). The Kier molecular flexibility index (Phi) is 5.83. The first-order valence-corrected chi connectivity index (χ1v) is 7.44. The SMILES string of the molecule is Cc1cc(Cl)cc(C)c1NC(=O)[C@@H](C)NC(=O)OC(C)(C)C. The summed E-state index contributed by atoms with van der Waals surface area (Å²) in [5, 5.41) is 5.93. The standard InChI is InChI=1S/C16H23ClN2O3/c1-9-7-12(17)8-10(2)13(9)19-14(20)11(3)18-15(21)22-16(4,5)6/h7-8,11H,1-6H3,(H,18,21)(H,19,20)/t11-/m1/s1. The van der Waals surface area contributed by atoms with Crippen LogP contribution in [0.15, 0.2) is 12.1 Å². The summed E-state index contributed by atoms with van der Waals surface area (Å²) in [6.45, 7) is 10.6. The lowest BCUT2D eigenvalue weighted by molar-refractivity contribution is -0.117. The maximum atomic E-state index is 12.2. The van der Waals surface area contributed by atoms with Crippen molar-refractivity contribution in [2.75, 3.05) is 5.32 Å². The van der Waals surface area contributed by atoms with Crippen molar-refractivity contribution in [3.63, 3.8) is 0 Å². The quantitative estimate of drug-likeness (QED) is 0.887. The van der Waals surface area contributed by atoms with Crippen molar-refractivity contribution in [1.29, 1.82) is 0 Å². The normalized spacial score (nSPS) is 12.5. The fourth-order valence-corrected chi connectivity index (χ4v) is 2.22. The van der Waals surface area contributed by atoms with Gasteiger partial charge in [-0.15, -0.1) is 0 Å². The molecule has 2 N–H and O–H groups in total. The van der Waals surface area contributed by atoms with Crippen LogP contribution in [0.3, 0.4) is 0 Å². The van der Waals surface area contributed by atoms with Gasteiger partial charge in [-0.3, -0.25) is 4.79 Å². The smallest absolute Gasteiger partial charge is 0.408 e. The lowest BCUT2D eigenvalue weighted by atomic mass is 10.1. The molecule has 0 aliphatic heterocycles. The van der Waals surface area contributed by atoms with E-state index in [1.807, 2.05) is 13.8 Å². The molecule has 6 heteroatoms. The van der Waals surface area contributed by atoms with Gasteiger partial charge in [0.25, 0.3) is 0 Å². The predicted molar refractivity (Wildman–Crippen MR) is 88.4 cm³/mol. The van der Waals surface area contributed by atoms with Gasteiger partial charge in [0, 0.05) is 10.7 Å². The molecule has 0 bridgehead atoms. The third-order valence-electron chi connectivity index (χ3n) is 2.87. The maximum Gasteiger partial charge on any atom is 0.408 e. The number of ether oxygens (including phenoxy) is 1. The Morgan fingerprint density at radius 3 is 2.14 bits per heavy atom. The van der Waals surface area contributed by atoms with Crippen LogP contribution in [0.1, 0.15) is 38.8 Å². The molecule has 1 aromatic carbocycles. The van der Waals surface area contributed by atoms with Gasteiger partial charge in [0.05, 0.1) is 0 Å². The van der Waals surface area contributed by atoms with E-state index in [1.165, 1.54) is 0 Å². The van der Waals surface area contributed by atoms with E-state index in [0.717, 1.165) is 11.1 Å². The average molecular weight is 327 g/mol. The highest BCUT2D eigenvalue weighted by Gasteiger charge is 2.21. The number of anilines is 1. The number of benzene rings is 1. The number of alkyl carbamates (subject to hydrolysis) is 1. The molecule has 5 nitrogen and oxygen atoms in total. The van der Waals surface area contributed by atoms with Gasteiger partial charge < -0.3 is 15.4 Å². The largest absolute Gasteiger partial charge is 0.444 e. The van der Waals surface area contributed by atoms with E-state index < -0.39 is 17.7 Å². The number of halogens is 1. The van der Waals surface area contributed by atoms with Crippen LogP contribution in [0.2, 0.25) is 5.02 Å². The summed E-state index contributed by atoms with van der Waals surface area (Å²) in [6, 6.07) is 2.83. The minimum absolute atomic E-state index is 0.320. The summed E-state index contributed by atoms with van der Waals surface area (Å²) in [6.07, 6.45) is -0.625. The molecule has 0 fully saturated rings. The first kappa shape index (κ1) is 18.3. The number of hydrogen-bond acceptors (Lipinski definition) is 3. The molecule has 0 radical (unpaired) electrons. The first-order valence-electron chi connectivity index (χ1n) is 7.06. The zero-order valence-corrected chi connectivity index (χ0v) is 14.6.